The van der Waals surface area contributed by atoms with E-state index in [0.717, 1.165) is 6.42 Å². The molecule has 2 aliphatic carbocycles. The van der Waals surface area contributed by atoms with Crippen molar-refractivity contribution in [1.29, 1.82) is 0 Å². The van der Waals surface area contributed by atoms with Crippen LogP contribution in [-0.2, 0) is 0 Å². The molecule has 2 bridgehead atoms. The van der Waals surface area contributed by atoms with Gasteiger partial charge in [-0.05, 0) is 48.8 Å². The van der Waals surface area contributed by atoms with Gasteiger partial charge in [0, 0.05) is 11.1 Å². The Morgan fingerprint density at radius 1 is 1.33 bits per heavy atom. The number of primary amides is 1. The number of nitrogens with two attached hydrogens (primary N) is 2. The number of ether oxygens (including phenoxy) is 1. The maximum atomic E-state index is 11.6. The van der Waals surface area contributed by atoms with E-state index in [0.29, 0.717) is 22.9 Å². The highest BCUT2D eigenvalue weighted by atomic mass is 16.5. The van der Waals surface area contributed by atoms with Crippen molar-refractivity contribution in [3.63, 3.8) is 0 Å². The molecular formula is C17H24N2O2. The summed E-state index contributed by atoms with van der Waals surface area (Å²) in [4.78, 5) is 11.6. The van der Waals surface area contributed by atoms with Crippen molar-refractivity contribution < 1.29 is 9.53 Å². The molecule has 2 fully saturated rings. The van der Waals surface area contributed by atoms with Crippen LogP contribution in [0.4, 0.5) is 5.69 Å². The second-order valence-corrected chi connectivity index (χ2v) is 7.34. The molecule has 3 rings (SSSR count). The molecule has 2 aliphatic rings. The highest BCUT2D eigenvalue weighted by Crippen LogP contribution is 2.66. The molecule has 0 heterocycles. The van der Waals surface area contributed by atoms with Gasteiger partial charge in [-0.15, -0.1) is 0 Å². The van der Waals surface area contributed by atoms with Crippen molar-refractivity contribution in [1.82, 2.24) is 0 Å². The summed E-state index contributed by atoms with van der Waals surface area (Å²) in [6.45, 7) is 6.99. The van der Waals surface area contributed by atoms with E-state index in [1.807, 2.05) is 0 Å². The van der Waals surface area contributed by atoms with E-state index in [-0.39, 0.29) is 16.9 Å². The number of amides is 1. The first-order valence-corrected chi connectivity index (χ1v) is 7.61. The second-order valence-electron chi connectivity index (χ2n) is 7.34. The summed E-state index contributed by atoms with van der Waals surface area (Å²) in [6, 6.07) is 5.11. The number of carbonyl (C=O) groups is 1. The average molecular weight is 288 g/mol. The SMILES string of the molecule is CC1(C)C2CCC1(C)C(Oc1ccc(N)cc1C(N)=O)C2. The van der Waals surface area contributed by atoms with Gasteiger partial charge in [-0.2, -0.15) is 0 Å². The first-order chi connectivity index (χ1) is 9.75. The van der Waals surface area contributed by atoms with Crippen molar-refractivity contribution in [3.8, 4) is 5.75 Å². The lowest BCUT2D eigenvalue weighted by molar-refractivity contribution is 0.0296. The van der Waals surface area contributed by atoms with Gasteiger partial charge in [0.15, 0.2) is 0 Å². The number of fused-ring (bicyclic) bond motifs is 2. The minimum Gasteiger partial charge on any atom is -0.489 e. The number of anilines is 1. The Kier molecular flexibility index (Phi) is 2.98. The fraction of sp³-hybridized carbons (Fsp3) is 0.588. The largest absolute Gasteiger partial charge is 0.489 e. The van der Waals surface area contributed by atoms with Crippen molar-refractivity contribution in [2.45, 2.75) is 46.1 Å². The van der Waals surface area contributed by atoms with E-state index in [2.05, 4.69) is 20.8 Å². The maximum absolute atomic E-state index is 11.6. The molecule has 0 radical (unpaired) electrons. The monoisotopic (exact) mass is 288 g/mol. The molecule has 1 amide bonds. The normalized spacial score (nSPS) is 33.1. The molecule has 4 N–H and O–H groups in total. The van der Waals surface area contributed by atoms with Gasteiger partial charge in [-0.25, -0.2) is 0 Å². The quantitative estimate of drug-likeness (QED) is 0.839. The predicted octanol–water partition coefficient (Wildman–Crippen LogP) is 2.96. The summed E-state index contributed by atoms with van der Waals surface area (Å²) in [5.74, 6) is 0.759. The Morgan fingerprint density at radius 3 is 2.57 bits per heavy atom. The van der Waals surface area contributed by atoms with Gasteiger partial charge < -0.3 is 16.2 Å². The second kappa shape index (κ2) is 4.39. The highest BCUT2D eigenvalue weighted by Gasteiger charge is 2.62. The first kappa shape index (κ1) is 14.2. The number of hydrogen-bond acceptors (Lipinski definition) is 3. The molecule has 0 saturated heterocycles. The van der Waals surface area contributed by atoms with Crippen molar-refractivity contribution in [2.24, 2.45) is 22.5 Å². The summed E-state index contributed by atoms with van der Waals surface area (Å²) >= 11 is 0. The number of benzene rings is 1. The van der Waals surface area contributed by atoms with Crippen molar-refractivity contribution in [3.05, 3.63) is 23.8 Å². The summed E-state index contributed by atoms with van der Waals surface area (Å²) in [5, 5.41) is 0. The minimum atomic E-state index is -0.495. The van der Waals surface area contributed by atoms with Crippen LogP contribution in [-0.4, -0.2) is 12.0 Å². The molecule has 3 atom stereocenters. The Morgan fingerprint density at radius 2 is 2.05 bits per heavy atom. The van der Waals surface area contributed by atoms with Gasteiger partial charge in [-0.1, -0.05) is 20.8 Å². The van der Waals surface area contributed by atoms with E-state index in [9.17, 15) is 4.79 Å². The van der Waals surface area contributed by atoms with Gasteiger partial charge in [-0.3, -0.25) is 4.79 Å². The molecular weight excluding hydrogens is 264 g/mol. The Balaban J connectivity index is 1.91. The lowest BCUT2D eigenvalue weighted by atomic mass is 9.70. The Labute approximate surface area is 125 Å². The molecule has 0 aliphatic heterocycles. The van der Waals surface area contributed by atoms with Crippen LogP contribution in [0.3, 0.4) is 0 Å². The van der Waals surface area contributed by atoms with Crippen LogP contribution in [0.2, 0.25) is 0 Å². The molecule has 114 valence electrons. The van der Waals surface area contributed by atoms with Crippen LogP contribution in [0.15, 0.2) is 18.2 Å². The topological polar surface area (TPSA) is 78.3 Å². The zero-order valence-electron chi connectivity index (χ0n) is 13.0. The lowest BCUT2D eigenvalue weighted by Crippen LogP contribution is -2.39. The maximum Gasteiger partial charge on any atom is 0.252 e. The van der Waals surface area contributed by atoms with Gasteiger partial charge in [0.1, 0.15) is 11.9 Å². The van der Waals surface area contributed by atoms with Crippen LogP contribution in [0.5, 0.6) is 5.75 Å². The fourth-order valence-corrected chi connectivity index (χ4v) is 4.30. The Hall–Kier alpha value is -1.71. The van der Waals surface area contributed by atoms with Crippen LogP contribution < -0.4 is 16.2 Å². The van der Waals surface area contributed by atoms with E-state index >= 15 is 0 Å². The smallest absolute Gasteiger partial charge is 0.252 e. The van der Waals surface area contributed by atoms with Gasteiger partial charge in [0.05, 0.1) is 5.56 Å². The molecule has 0 spiro atoms. The van der Waals surface area contributed by atoms with E-state index in [1.165, 1.54) is 12.8 Å². The number of carbonyl (C=O) groups excluding carboxylic acids is 1. The number of nitrogen functional groups attached to an aromatic ring is 1. The van der Waals surface area contributed by atoms with E-state index in [4.69, 9.17) is 16.2 Å². The molecule has 0 aromatic heterocycles. The number of hydrogen-bond donors (Lipinski definition) is 2. The third-order valence-corrected chi connectivity index (χ3v) is 6.25. The minimum absolute atomic E-state index is 0.132. The standard InChI is InChI=1S/C17H24N2O2/c1-16(2)10-6-7-17(16,3)14(8-10)21-13-5-4-11(18)9-12(13)15(19)20/h4-5,9-10,14H,6-8,18H2,1-3H3,(H2,19,20). The third-order valence-electron chi connectivity index (χ3n) is 6.25. The zero-order valence-corrected chi connectivity index (χ0v) is 13.0. The summed E-state index contributed by atoms with van der Waals surface area (Å²) in [5.41, 5.74) is 12.5. The summed E-state index contributed by atoms with van der Waals surface area (Å²) < 4.78 is 6.24. The molecule has 1 aromatic rings. The summed E-state index contributed by atoms with van der Waals surface area (Å²) in [6.07, 6.45) is 3.63. The molecule has 3 unspecified atom stereocenters. The molecule has 1 aromatic carbocycles. The van der Waals surface area contributed by atoms with Gasteiger partial charge in [0.2, 0.25) is 0 Å². The molecule has 21 heavy (non-hydrogen) atoms. The summed E-state index contributed by atoms with van der Waals surface area (Å²) in [7, 11) is 0. The molecule has 4 nitrogen and oxygen atoms in total. The first-order valence-electron chi connectivity index (χ1n) is 7.61. The van der Waals surface area contributed by atoms with Crippen LogP contribution in [0, 0.1) is 16.7 Å². The predicted molar refractivity (Wildman–Crippen MR) is 83.0 cm³/mol. The van der Waals surface area contributed by atoms with Gasteiger partial charge >= 0.3 is 0 Å². The molecule has 2 saturated carbocycles. The van der Waals surface area contributed by atoms with Crippen molar-refractivity contribution in [2.75, 3.05) is 5.73 Å². The van der Waals surface area contributed by atoms with Crippen LogP contribution in [0.25, 0.3) is 0 Å². The van der Waals surface area contributed by atoms with Crippen LogP contribution in [0.1, 0.15) is 50.4 Å². The van der Waals surface area contributed by atoms with Crippen LogP contribution >= 0.6 is 0 Å². The molecule has 4 heteroatoms. The third kappa shape index (κ3) is 1.92. The van der Waals surface area contributed by atoms with Crippen molar-refractivity contribution >= 4 is 11.6 Å². The zero-order chi connectivity index (χ0) is 15.4. The lowest BCUT2D eigenvalue weighted by Gasteiger charge is -2.39. The van der Waals surface area contributed by atoms with E-state index < -0.39 is 5.91 Å². The number of rotatable bonds is 3. The van der Waals surface area contributed by atoms with E-state index in [1.54, 1.807) is 18.2 Å². The highest BCUT2D eigenvalue weighted by molar-refractivity contribution is 5.96. The average Bonchev–Trinajstić information content (AvgIpc) is 2.73. The Bertz CT molecular complexity index is 596. The van der Waals surface area contributed by atoms with Gasteiger partial charge in [0.25, 0.3) is 5.91 Å². The fourth-order valence-electron chi connectivity index (χ4n) is 4.30.